The summed E-state index contributed by atoms with van der Waals surface area (Å²) < 4.78 is 2.45. The smallest absolute Gasteiger partial charge is 0.0530 e. The van der Waals surface area contributed by atoms with E-state index in [2.05, 4.69) is 131 Å². The molecule has 3 aliphatic rings. The van der Waals surface area contributed by atoms with E-state index < -0.39 is 0 Å². The number of benzene rings is 3. The zero-order valence-electron chi connectivity index (χ0n) is 20.6. The van der Waals surface area contributed by atoms with E-state index in [9.17, 15) is 0 Å². The van der Waals surface area contributed by atoms with Crippen molar-refractivity contribution in [2.24, 2.45) is 0 Å². The Bertz CT molecular complexity index is 1560. The second-order valence-corrected chi connectivity index (χ2v) is 11.8. The molecule has 0 radical (unpaired) electrons. The second kappa shape index (κ2) is 8.64. The summed E-state index contributed by atoms with van der Waals surface area (Å²) in [6.45, 7) is 9.16. The van der Waals surface area contributed by atoms with Gasteiger partial charge in [0.1, 0.15) is 0 Å². The highest BCUT2D eigenvalue weighted by molar-refractivity contribution is 9.10. The Morgan fingerprint density at radius 3 is 2.43 bits per heavy atom. The summed E-state index contributed by atoms with van der Waals surface area (Å²) in [5.41, 5.74) is 12.5. The van der Waals surface area contributed by atoms with Gasteiger partial charge in [-0.2, -0.15) is 0 Å². The van der Waals surface area contributed by atoms with E-state index in [0.717, 1.165) is 12.8 Å². The summed E-state index contributed by atoms with van der Waals surface area (Å²) in [6, 6.07) is 20.2. The van der Waals surface area contributed by atoms with Gasteiger partial charge < -0.3 is 4.90 Å². The molecule has 2 atom stereocenters. The van der Waals surface area contributed by atoms with Crippen LogP contribution in [0.4, 0.5) is 11.4 Å². The first-order valence-corrected chi connectivity index (χ1v) is 14.0. The maximum atomic E-state index is 4.04. The van der Waals surface area contributed by atoms with Crippen LogP contribution in [0.3, 0.4) is 0 Å². The summed E-state index contributed by atoms with van der Waals surface area (Å²) in [5, 5.41) is 2.75. The normalized spacial score (nSPS) is 20.1. The average molecular weight is 587 g/mol. The van der Waals surface area contributed by atoms with Crippen molar-refractivity contribution in [3.63, 3.8) is 0 Å². The molecule has 1 heterocycles. The molecule has 176 valence electrons. The highest BCUT2D eigenvalue weighted by Crippen LogP contribution is 2.43. The first-order valence-electron chi connectivity index (χ1n) is 12.4. The highest BCUT2D eigenvalue weighted by atomic mass is 79.9. The van der Waals surface area contributed by atoms with Crippen LogP contribution in [-0.4, -0.2) is 6.04 Å². The van der Waals surface area contributed by atoms with Crippen molar-refractivity contribution < 1.29 is 0 Å². The van der Waals surface area contributed by atoms with Crippen molar-refractivity contribution in [3.05, 3.63) is 102 Å². The lowest BCUT2D eigenvalue weighted by atomic mass is 9.89. The Kier molecular flexibility index (Phi) is 5.69. The van der Waals surface area contributed by atoms with Crippen molar-refractivity contribution in [1.82, 2.24) is 0 Å². The maximum absolute atomic E-state index is 4.04. The largest absolute Gasteiger partial charge is 0.334 e. The van der Waals surface area contributed by atoms with Crippen molar-refractivity contribution >= 4 is 66.5 Å². The number of halogens is 2. The van der Waals surface area contributed by atoms with Crippen molar-refractivity contribution in [1.29, 1.82) is 0 Å². The monoisotopic (exact) mass is 585 g/mol. The van der Waals surface area contributed by atoms with E-state index in [1.807, 2.05) is 0 Å². The van der Waals surface area contributed by atoms with Crippen LogP contribution in [0.25, 0.3) is 23.3 Å². The first-order chi connectivity index (χ1) is 16.9. The van der Waals surface area contributed by atoms with Gasteiger partial charge in [0.15, 0.2) is 0 Å². The molecular formula is C32H29Br2N. The minimum Gasteiger partial charge on any atom is -0.334 e. The molecule has 0 amide bonds. The van der Waals surface area contributed by atoms with E-state index in [1.54, 1.807) is 0 Å². The van der Waals surface area contributed by atoms with Gasteiger partial charge in [-0.15, -0.1) is 0 Å². The fourth-order valence-electron chi connectivity index (χ4n) is 6.27. The molecule has 6 rings (SSSR count). The number of fused-ring (bicyclic) bond motifs is 3. The lowest BCUT2D eigenvalue weighted by Crippen LogP contribution is -2.26. The molecule has 0 fully saturated rings. The molecule has 3 aromatic rings. The van der Waals surface area contributed by atoms with Crippen molar-refractivity contribution in [2.75, 3.05) is 4.90 Å². The van der Waals surface area contributed by atoms with Crippen LogP contribution in [-0.2, 0) is 0 Å². The van der Waals surface area contributed by atoms with Gasteiger partial charge in [-0.05, 0) is 125 Å². The summed E-state index contributed by atoms with van der Waals surface area (Å²) >= 11 is 7.79. The van der Waals surface area contributed by atoms with Crippen LogP contribution >= 0.6 is 31.9 Å². The van der Waals surface area contributed by atoms with Crippen LogP contribution in [0.15, 0.2) is 74.7 Å². The Labute approximate surface area is 224 Å². The molecule has 0 bridgehead atoms. The number of anilines is 2. The molecule has 0 spiro atoms. The van der Waals surface area contributed by atoms with Gasteiger partial charge in [-0.3, -0.25) is 0 Å². The summed E-state index contributed by atoms with van der Waals surface area (Å²) in [7, 11) is 0. The number of nitrogens with zero attached hydrogens (tertiary/aromatic N) is 1. The van der Waals surface area contributed by atoms with E-state index in [4.69, 9.17) is 0 Å². The van der Waals surface area contributed by atoms with Crippen LogP contribution in [0.2, 0.25) is 0 Å². The Morgan fingerprint density at radius 1 is 0.886 bits per heavy atom. The third-order valence-corrected chi connectivity index (χ3v) is 9.73. The third kappa shape index (κ3) is 3.54. The van der Waals surface area contributed by atoms with Crippen molar-refractivity contribution in [2.45, 2.75) is 52.5 Å². The average Bonchev–Trinajstić information content (AvgIpc) is 3.43. The Hall–Kier alpha value is -2.36. The molecule has 35 heavy (non-hydrogen) atoms. The molecular weight excluding hydrogens is 558 g/mol. The highest BCUT2D eigenvalue weighted by Gasteiger charge is 2.30. The van der Waals surface area contributed by atoms with Gasteiger partial charge in [-0.1, -0.05) is 57.9 Å². The molecule has 1 nitrogen and oxygen atoms in total. The molecule has 2 aliphatic carbocycles. The number of rotatable bonds is 4. The second-order valence-electron chi connectivity index (χ2n) is 10.1. The van der Waals surface area contributed by atoms with Crippen LogP contribution in [0.1, 0.15) is 63.1 Å². The molecule has 1 aliphatic heterocycles. The van der Waals surface area contributed by atoms with Gasteiger partial charge in [0.25, 0.3) is 0 Å². The number of allylic oxidation sites excluding steroid dienone is 2. The molecule has 0 saturated heterocycles. The fourth-order valence-corrected chi connectivity index (χ4v) is 7.61. The third-order valence-electron chi connectivity index (χ3n) is 8.21. The predicted molar refractivity (Wildman–Crippen MR) is 157 cm³/mol. The van der Waals surface area contributed by atoms with Crippen LogP contribution < -0.4 is 15.3 Å². The number of hydrogen-bond donors (Lipinski definition) is 0. The topological polar surface area (TPSA) is 3.24 Å². The van der Waals surface area contributed by atoms with E-state index in [0.29, 0.717) is 12.0 Å². The van der Waals surface area contributed by atoms with Gasteiger partial charge in [0, 0.05) is 25.8 Å². The van der Waals surface area contributed by atoms with Crippen LogP contribution in [0.5, 0.6) is 0 Å². The Morgan fingerprint density at radius 2 is 1.66 bits per heavy atom. The van der Waals surface area contributed by atoms with Crippen molar-refractivity contribution in [3.8, 4) is 0 Å². The lowest BCUT2D eigenvalue weighted by molar-refractivity contribution is 0.733. The SMILES string of the molecule is CC1=Cc2c(Br)c3c(cc2=C1CCC1C(C)=Cc2c(Br)cccc21)N(c1ccccc1)C(C)C=3C. The minimum absolute atomic E-state index is 0.334. The minimum atomic E-state index is 0.334. The maximum Gasteiger partial charge on any atom is 0.0530 e. The van der Waals surface area contributed by atoms with Gasteiger partial charge in [-0.25, -0.2) is 0 Å². The van der Waals surface area contributed by atoms with Gasteiger partial charge in [0.05, 0.1) is 11.7 Å². The van der Waals surface area contributed by atoms with E-state index in [-0.39, 0.29) is 0 Å². The first kappa shape index (κ1) is 23.1. The molecule has 0 aromatic heterocycles. The van der Waals surface area contributed by atoms with E-state index >= 15 is 0 Å². The van der Waals surface area contributed by atoms with E-state index in [1.165, 1.54) is 69.7 Å². The van der Waals surface area contributed by atoms with Gasteiger partial charge in [0.2, 0.25) is 0 Å². The Balaban J connectivity index is 1.44. The quantitative estimate of drug-likeness (QED) is 0.296. The molecule has 2 unspecified atom stereocenters. The molecule has 3 aromatic carbocycles. The number of para-hydroxylation sites is 1. The molecule has 0 N–H and O–H groups in total. The lowest BCUT2D eigenvalue weighted by Gasteiger charge is -2.27. The predicted octanol–water partition coefficient (Wildman–Crippen LogP) is 8.47. The standard InChI is InChI=1S/C32H29Br2N/c1-18-15-27-25(11-8-12-29(27)33)23(18)13-14-24-19(2)16-28-26(24)17-30-31(32(28)34)20(3)21(4)35(30)22-9-6-5-7-10-22/h5-12,15-17,21,23H,13-14H2,1-4H3. The number of hydrogen-bond acceptors (Lipinski definition) is 1. The fraction of sp³-hybridized carbons (Fsp3) is 0.250. The van der Waals surface area contributed by atoms with Crippen LogP contribution in [0, 0.1) is 0 Å². The molecule has 3 heteroatoms. The summed E-state index contributed by atoms with van der Waals surface area (Å²) in [6.07, 6.45) is 6.96. The zero-order chi connectivity index (χ0) is 24.4. The van der Waals surface area contributed by atoms with Gasteiger partial charge >= 0.3 is 0 Å². The summed E-state index contributed by atoms with van der Waals surface area (Å²) in [5.74, 6) is 0.487. The summed E-state index contributed by atoms with van der Waals surface area (Å²) in [4.78, 5) is 2.50. The zero-order valence-corrected chi connectivity index (χ0v) is 23.8. The molecule has 0 saturated carbocycles.